The summed E-state index contributed by atoms with van der Waals surface area (Å²) in [6.45, 7) is 1.68. The molecule has 0 aliphatic heterocycles. The Morgan fingerprint density at radius 3 is 2.41 bits per heavy atom. The van der Waals surface area contributed by atoms with Crippen molar-refractivity contribution >= 4 is 21.8 Å². The number of carbonyl (C=O) groups excluding carboxylic acids is 2. The molecule has 0 radical (unpaired) electrons. The standard InChI is InChI=1S/C20H23F3N4O4S/c1-12(18(28)25-19(29)13-6-8-14(9-7-13)32(24,30)31)10-11-27-16-5-3-2-4-15(16)17(26-27)20(21,22)23/h6-9,12H,2-5,10-11H2,1H3,(H2,24,30,31)(H,25,28,29). The van der Waals surface area contributed by atoms with E-state index in [-0.39, 0.29) is 29.0 Å². The Kier molecular flexibility index (Phi) is 6.75. The molecule has 2 aromatic rings. The fourth-order valence-electron chi connectivity index (χ4n) is 3.63. The Labute approximate surface area is 183 Å². The molecule has 0 spiro atoms. The molecule has 1 unspecified atom stereocenters. The molecule has 0 saturated carbocycles. The van der Waals surface area contributed by atoms with E-state index in [2.05, 4.69) is 10.4 Å². The highest BCUT2D eigenvalue weighted by Gasteiger charge is 2.39. The van der Waals surface area contributed by atoms with E-state index >= 15 is 0 Å². The molecule has 1 aromatic carbocycles. The molecule has 0 saturated heterocycles. The number of carbonyl (C=O) groups is 2. The topological polar surface area (TPSA) is 124 Å². The van der Waals surface area contributed by atoms with E-state index < -0.39 is 39.6 Å². The number of aromatic nitrogens is 2. The van der Waals surface area contributed by atoms with E-state index in [0.717, 1.165) is 18.6 Å². The minimum Gasteiger partial charge on any atom is -0.292 e. The summed E-state index contributed by atoms with van der Waals surface area (Å²) in [6.07, 6.45) is -2.04. The lowest BCUT2D eigenvalue weighted by Gasteiger charge is -2.16. The van der Waals surface area contributed by atoms with Gasteiger partial charge in [-0.05, 0) is 56.4 Å². The van der Waals surface area contributed by atoms with Gasteiger partial charge in [0.15, 0.2) is 5.69 Å². The number of nitrogens with one attached hydrogen (secondary N) is 1. The van der Waals surface area contributed by atoms with E-state index in [9.17, 15) is 31.2 Å². The second-order valence-corrected chi connectivity index (χ2v) is 9.34. The number of hydrogen-bond donors (Lipinski definition) is 2. The maximum Gasteiger partial charge on any atom is 0.435 e. The van der Waals surface area contributed by atoms with E-state index in [4.69, 9.17) is 5.14 Å². The highest BCUT2D eigenvalue weighted by Crippen LogP contribution is 2.36. The minimum atomic E-state index is -4.53. The number of fused-ring (bicyclic) bond motifs is 1. The fourth-order valence-corrected chi connectivity index (χ4v) is 4.15. The molecule has 174 valence electrons. The molecule has 8 nitrogen and oxygen atoms in total. The third kappa shape index (κ3) is 5.36. The van der Waals surface area contributed by atoms with Crippen molar-refractivity contribution in [2.24, 2.45) is 11.1 Å². The van der Waals surface area contributed by atoms with Crippen LogP contribution in [0.4, 0.5) is 13.2 Å². The summed E-state index contributed by atoms with van der Waals surface area (Å²) in [7, 11) is -3.91. The van der Waals surface area contributed by atoms with Gasteiger partial charge >= 0.3 is 6.18 Å². The van der Waals surface area contributed by atoms with Crippen molar-refractivity contribution in [3.05, 3.63) is 46.8 Å². The Bertz CT molecular complexity index is 1120. The number of alkyl halides is 3. The number of imide groups is 1. The van der Waals surface area contributed by atoms with Crippen molar-refractivity contribution in [3.63, 3.8) is 0 Å². The Morgan fingerprint density at radius 2 is 1.81 bits per heavy atom. The molecule has 1 aliphatic carbocycles. The number of nitrogens with zero attached hydrogens (tertiary/aromatic N) is 2. The van der Waals surface area contributed by atoms with Crippen LogP contribution in [0.1, 0.15) is 53.5 Å². The lowest BCUT2D eigenvalue weighted by molar-refractivity contribution is -0.142. The van der Waals surface area contributed by atoms with E-state index in [1.807, 2.05) is 0 Å². The van der Waals surface area contributed by atoms with Gasteiger partial charge in [-0.1, -0.05) is 6.92 Å². The molecule has 0 fully saturated rings. The SMILES string of the molecule is CC(CCn1nc(C(F)(F)F)c2c1CCCC2)C(=O)NC(=O)c1ccc(S(N)(=O)=O)cc1. The van der Waals surface area contributed by atoms with E-state index in [1.165, 1.54) is 16.8 Å². The number of sulfonamides is 1. The molecule has 0 bridgehead atoms. The van der Waals surface area contributed by atoms with Crippen molar-refractivity contribution in [1.29, 1.82) is 0 Å². The minimum absolute atomic E-state index is 0.0638. The van der Waals surface area contributed by atoms with Crippen LogP contribution in [0.2, 0.25) is 0 Å². The first-order valence-electron chi connectivity index (χ1n) is 10.0. The van der Waals surface area contributed by atoms with Gasteiger partial charge in [0.25, 0.3) is 5.91 Å². The average molecular weight is 472 g/mol. The van der Waals surface area contributed by atoms with Gasteiger partial charge in [0.1, 0.15) is 0 Å². The van der Waals surface area contributed by atoms with E-state index in [1.54, 1.807) is 6.92 Å². The Hall–Kier alpha value is -2.73. The van der Waals surface area contributed by atoms with Gasteiger partial charge in [-0.15, -0.1) is 0 Å². The maximum absolute atomic E-state index is 13.3. The second-order valence-electron chi connectivity index (χ2n) is 7.78. The predicted molar refractivity (Wildman–Crippen MR) is 108 cm³/mol. The normalized spacial score (nSPS) is 15.2. The first kappa shape index (κ1) is 23.9. The summed E-state index contributed by atoms with van der Waals surface area (Å²) >= 11 is 0. The largest absolute Gasteiger partial charge is 0.435 e. The molecule has 32 heavy (non-hydrogen) atoms. The summed E-state index contributed by atoms with van der Waals surface area (Å²) < 4.78 is 63.7. The third-order valence-corrected chi connectivity index (χ3v) is 6.36. The number of halogens is 3. The summed E-state index contributed by atoms with van der Waals surface area (Å²) in [5.41, 5.74) is -0.00230. The van der Waals surface area contributed by atoms with Crippen LogP contribution in [0.25, 0.3) is 0 Å². The van der Waals surface area contributed by atoms with Crippen molar-refractivity contribution < 1.29 is 31.2 Å². The zero-order valence-corrected chi connectivity index (χ0v) is 18.1. The molecule has 3 rings (SSSR count). The third-order valence-electron chi connectivity index (χ3n) is 5.43. The molecular weight excluding hydrogens is 449 g/mol. The Morgan fingerprint density at radius 1 is 1.19 bits per heavy atom. The van der Waals surface area contributed by atoms with E-state index in [0.29, 0.717) is 25.0 Å². The molecule has 1 aromatic heterocycles. The number of benzene rings is 1. The van der Waals surface area contributed by atoms with Crippen LogP contribution in [0.3, 0.4) is 0 Å². The number of amides is 2. The van der Waals surface area contributed by atoms with Crippen LogP contribution >= 0.6 is 0 Å². The number of nitrogens with two attached hydrogens (primary N) is 1. The molecular formula is C20H23F3N4O4S. The van der Waals surface area contributed by atoms with Gasteiger partial charge in [-0.3, -0.25) is 19.6 Å². The molecule has 1 aliphatic rings. The molecule has 2 amide bonds. The molecule has 1 heterocycles. The number of hydrogen-bond acceptors (Lipinski definition) is 5. The molecule has 3 N–H and O–H groups in total. The van der Waals surface area contributed by atoms with Crippen molar-refractivity contribution in [3.8, 4) is 0 Å². The lowest BCUT2D eigenvalue weighted by atomic mass is 9.95. The fraction of sp³-hybridized carbons (Fsp3) is 0.450. The van der Waals surface area contributed by atoms with Gasteiger partial charge in [0.05, 0.1) is 4.90 Å². The number of rotatable bonds is 6. The first-order valence-corrected chi connectivity index (χ1v) is 11.6. The summed E-state index contributed by atoms with van der Waals surface area (Å²) in [4.78, 5) is 24.4. The average Bonchev–Trinajstić information content (AvgIpc) is 3.10. The summed E-state index contributed by atoms with van der Waals surface area (Å²) in [5.74, 6) is -1.98. The van der Waals surface area contributed by atoms with Crippen LogP contribution in [0.5, 0.6) is 0 Å². The van der Waals surface area contributed by atoms with Gasteiger partial charge in [-0.2, -0.15) is 18.3 Å². The van der Waals surface area contributed by atoms with Crippen LogP contribution in [0.15, 0.2) is 29.2 Å². The summed E-state index contributed by atoms with van der Waals surface area (Å²) in [6, 6.07) is 4.75. The van der Waals surface area contributed by atoms with Gasteiger partial charge < -0.3 is 0 Å². The number of primary sulfonamides is 1. The molecule has 12 heteroatoms. The monoisotopic (exact) mass is 472 g/mol. The van der Waals surface area contributed by atoms with Crippen molar-refractivity contribution in [1.82, 2.24) is 15.1 Å². The lowest BCUT2D eigenvalue weighted by Crippen LogP contribution is -2.35. The van der Waals surface area contributed by atoms with Crippen LogP contribution in [0, 0.1) is 5.92 Å². The number of aryl methyl sites for hydroxylation is 1. The highest BCUT2D eigenvalue weighted by atomic mass is 32.2. The van der Waals surface area contributed by atoms with Gasteiger partial charge in [0.2, 0.25) is 15.9 Å². The zero-order valence-electron chi connectivity index (χ0n) is 17.3. The first-order chi connectivity index (χ1) is 14.9. The van der Waals surface area contributed by atoms with Gasteiger partial charge in [-0.25, -0.2) is 13.6 Å². The van der Waals surface area contributed by atoms with Crippen molar-refractivity contribution in [2.45, 2.75) is 56.6 Å². The Balaban J connectivity index is 1.63. The quantitative estimate of drug-likeness (QED) is 0.668. The van der Waals surface area contributed by atoms with Crippen LogP contribution < -0.4 is 10.5 Å². The van der Waals surface area contributed by atoms with Crippen molar-refractivity contribution in [2.75, 3.05) is 0 Å². The highest BCUT2D eigenvalue weighted by molar-refractivity contribution is 7.89. The van der Waals surface area contributed by atoms with Crippen LogP contribution in [-0.2, 0) is 40.4 Å². The van der Waals surface area contributed by atoms with Gasteiger partial charge in [0, 0.05) is 29.3 Å². The summed E-state index contributed by atoms with van der Waals surface area (Å²) in [5, 5.41) is 11.0. The smallest absolute Gasteiger partial charge is 0.292 e. The second kappa shape index (κ2) is 9.02. The maximum atomic E-state index is 13.3. The molecule has 1 atom stereocenters. The predicted octanol–water partition coefficient (Wildman–Crippen LogP) is 2.41. The van der Waals surface area contributed by atoms with Crippen LogP contribution in [-0.4, -0.2) is 30.0 Å². The zero-order chi connectivity index (χ0) is 23.7.